The number of esters is 1. The third kappa shape index (κ3) is 7.09. The van der Waals surface area contributed by atoms with Crippen LogP contribution in [0.3, 0.4) is 0 Å². The van der Waals surface area contributed by atoms with Gasteiger partial charge in [-0.3, -0.25) is 9.20 Å². The lowest BCUT2D eigenvalue weighted by Gasteiger charge is -2.34. The van der Waals surface area contributed by atoms with Gasteiger partial charge in [0, 0.05) is 23.7 Å². The molecule has 5 heteroatoms. The van der Waals surface area contributed by atoms with Crippen molar-refractivity contribution in [1.82, 2.24) is 9.38 Å². The highest BCUT2D eigenvalue weighted by Gasteiger charge is 2.28. The summed E-state index contributed by atoms with van der Waals surface area (Å²) in [5.41, 5.74) is 2.47. The van der Waals surface area contributed by atoms with Gasteiger partial charge in [-0.25, -0.2) is 4.98 Å². The SMILES string of the molecule is CCCCCCCC(=O)Oc1ccccc1-c1nc2ccccn2c1NC(C)(C)CC(C)(C)C. The van der Waals surface area contributed by atoms with Crippen molar-refractivity contribution in [3.8, 4) is 17.0 Å². The number of fused-ring (bicyclic) bond motifs is 1. The highest BCUT2D eigenvalue weighted by Crippen LogP contribution is 2.38. The van der Waals surface area contributed by atoms with Gasteiger partial charge in [-0.15, -0.1) is 0 Å². The van der Waals surface area contributed by atoms with Crippen LogP contribution in [0, 0.1) is 5.41 Å². The van der Waals surface area contributed by atoms with Crippen LogP contribution in [0.2, 0.25) is 0 Å². The highest BCUT2D eigenvalue weighted by atomic mass is 16.5. The Labute approximate surface area is 204 Å². The Hall–Kier alpha value is -2.82. The third-order valence-electron chi connectivity index (χ3n) is 5.81. The number of anilines is 1. The average Bonchev–Trinajstić information content (AvgIpc) is 3.10. The number of para-hydroxylation sites is 1. The summed E-state index contributed by atoms with van der Waals surface area (Å²) in [6.07, 6.45) is 8.94. The van der Waals surface area contributed by atoms with Crippen LogP contribution in [-0.2, 0) is 4.79 Å². The minimum Gasteiger partial charge on any atom is -0.426 e. The largest absolute Gasteiger partial charge is 0.426 e. The number of hydrogen-bond acceptors (Lipinski definition) is 4. The Kier molecular flexibility index (Phi) is 8.40. The molecular weight excluding hydrogens is 422 g/mol. The number of carbonyl (C=O) groups is 1. The number of pyridine rings is 1. The van der Waals surface area contributed by atoms with Crippen molar-refractivity contribution in [1.29, 1.82) is 0 Å². The molecule has 0 unspecified atom stereocenters. The Morgan fingerprint density at radius 2 is 1.68 bits per heavy atom. The van der Waals surface area contributed by atoms with Gasteiger partial charge < -0.3 is 10.1 Å². The number of imidazole rings is 1. The third-order valence-corrected chi connectivity index (χ3v) is 5.81. The monoisotopic (exact) mass is 463 g/mol. The van der Waals surface area contributed by atoms with Crippen molar-refractivity contribution >= 4 is 17.4 Å². The Balaban J connectivity index is 1.91. The number of rotatable bonds is 11. The number of unbranched alkanes of at least 4 members (excludes halogenated alkanes) is 4. The van der Waals surface area contributed by atoms with E-state index in [9.17, 15) is 4.79 Å². The van der Waals surface area contributed by atoms with Crippen LogP contribution in [-0.4, -0.2) is 20.9 Å². The first-order valence-corrected chi connectivity index (χ1v) is 12.6. The van der Waals surface area contributed by atoms with Gasteiger partial charge in [0.1, 0.15) is 22.9 Å². The first-order valence-electron chi connectivity index (χ1n) is 12.6. The molecule has 0 saturated carbocycles. The van der Waals surface area contributed by atoms with Crippen LogP contribution in [0.25, 0.3) is 16.9 Å². The molecular formula is C29H41N3O2. The Morgan fingerprint density at radius 1 is 0.971 bits per heavy atom. The van der Waals surface area contributed by atoms with Crippen molar-refractivity contribution in [2.24, 2.45) is 5.41 Å². The van der Waals surface area contributed by atoms with Crippen LogP contribution in [0.15, 0.2) is 48.7 Å². The molecule has 0 bridgehead atoms. The predicted octanol–water partition coefficient (Wildman–Crippen LogP) is 7.89. The number of ether oxygens (including phenoxy) is 1. The molecule has 0 saturated heterocycles. The fraction of sp³-hybridized carbons (Fsp3) is 0.517. The topological polar surface area (TPSA) is 55.6 Å². The second kappa shape index (κ2) is 11.1. The maximum absolute atomic E-state index is 12.6. The molecule has 0 aliphatic rings. The van der Waals surface area contributed by atoms with Gasteiger partial charge in [0.25, 0.3) is 0 Å². The van der Waals surface area contributed by atoms with Gasteiger partial charge in [0.15, 0.2) is 0 Å². The second-order valence-electron chi connectivity index (χ2n) is 11.1. The zero-order valence-corrected chi connectivity index (χ0v) is 21.8. The van der Waals surface area contributed by atoms with Crippen LogP contribution in [0.5, 0.6) is 5.75 Å². The van der Waals surface area contributed by atoms with E-state index in [-0.39, 0.29) is 16.9 Å². The molecule has 2 heterocycles. The number of carbonyl (C=O) groups excluding carboxylic acids is 1. The number of aromatic nitrogens is 2. The standard InChI is InChI=1S/C29H41N3O2/c1-7-8-9-10-11-19-25(33)34-23-17-13-12-16-22(23)26-27(31-29(5,6)21-28(2,3)4)32-20-15-14-18-24(32)30-26/h12-18,20,31H,7-11,19,21H2,1-6H3. The van der Waals surface area contributed by atoms with E-state index in [0.717, 1.165) is 42.0 Å². The maximum atomic E-state index is 12.6. The molecule has 3 aromatic rings. The van der Waals surface area contributed by atoms with Crippen LogP contribution >= 0.6 is 0 Å². The van der Waals surface area contributed by atoms with Gasteiger partial charge >= 0.3 is 5.97 Å². The fourth-order valence-electron chi connectivity index (χ4n) is 4.79. The first kappa shape index (κ1) is 25.8. The minimum absolute atomic E-state index is 0.164. The van der Waals surface area contributed by atoms with Crippen molar-refractivity contribution < 1.29 is 9.53 Å². The summed E-state index contributed by atoms with van der Waals surface area (Å²) in [6, 6.07) is 13.7. The molecule has 0 spiro atoms. The summed E-state index contributed by atoms with van der Waals surface area (Å²) in [5, 5.41) is 3.76. The smallest absolute Gasteiger partial charge is 0.311 e. The highest BCUT2D eigenvalue weighted by molar-refractivity contribution is 5.83. The molecule has 0 aliphatic heterocycles. The molecule has 0 radical (unpaired) electrons. The molecule has 184 valence electrons. The molecule has 3 rings (SSSR count). The van der Waals surface area contributed by atoms with E-state index in [1.54, 1.807) is 0 Å². The average molecular weight is 464 g/mol. The summed E-state index contributed by atoms with van der Waals surface area (Å²) < 4.78 is 7.93. The van der Waals surface area contributed by atoms with Crippen molar-refractivity contribution in [2.75, 3.05) is 5.32 Å². The molecule has 1 N–H and O–H groups in total. The summed E-state index contributed by atoms with van der Waals surface area (Å²) in [5.74, 6) is 1.28. The van der Waals surface area contributed by atoms with Gasteiger partial charge in [0.05, 0.1) is 0 Å². The Bertz CT molecular complexity index is 1090. The minimum atomic E-state index is -0.185. The van der Waals surface area contributed by atoms with E-state index < -0.39 is 0 Å². The fourth-order valence-corrected chi connectivity index (χ4v) is 4.79. The van der Waals surface area contributed by atoms with Gasteiger partial charge in [0.2, 0.25) is 0 Å². The first-order chi connectivity index (χ1) is 16.1. The number of benzene rings is 1. The number of hydrogen-bond donors (Lipinski definition) is 1. The molecule has 2 aromatic heterocycles. The van der Waals surface area contributed by atoms with Crippen LogP contribution in [0.4, 0.5) is 5.82 Å². The van der Waals surface area contributed by atoms with Crippen LogP contribution in [0.1, 0.15) is 86.5 Å². The van der Waals surface area contributed by atoms with Gasteiger partial charge in [-0.1, -0.05) is 71.6 Å². The lowest BCUT2D eigenvalue weighted by molar-refractivity contribution is -0.134. The summed E-state index contributed by atoms with van der Waals surface area (Å²) in [4.78, 5) is 17.5. The lowest BCUT2D eigenvalue weighted by atomic mass is 9.82. The van der Waals surface area contributed by atoms with Gasteiger partial charge in [-0.05, 0) is 56.4 Å². The summed E-state index contributed by atoms with van der Waals surface area (Å²) >= 11 is 0. The van der Waals surface area contributed by atoms with Crippen molar-refractivity contribution in [3.05, 3.63) is 48.7 Å². The number of nitrogens with zero attached hydrogens (tertiary/aromatic N) is 2. The second-order valence-corrected chi connectivity index (χ2v) is 11.1. The lowest BCUT2D eigenvalue weighted by Crippen LogP contribution is -2.36. The number of nitrogens with one attached hydrogen (secondary N) is 1. The van der Waals surface area contributed by atoms with E-state index >= 15 is 0 Å². The van der Waals surface area contributed by atoms with E-state index in [2.05, 4.69) is 51.3 Å². The quantitative estimate of drug-likeness (QED) is 0.178. The normalized spacial score (nSPS) is 12.2. The van der Waals surface area contributed by atoms with Gasteiger partial charge in [-0.2, -0.15) is 0 Å². The Morgan fingerprint density at radius 3 is 2.41 bits per heavy atom. The molecule has 0 fully saturated rings. The van der Waals surface area contributed by atoms with E-state index in [4.69, 9.17) is 9.72 Å². The zero-order valence-electron chi connectivity index (χ0n) is 21.8. The van der Waals surface area contributed by atoms with E-state index in [0.29, 0.717) is 12.2 Å². The maximum Gasteiger partial charge on any atom is 0.311 e. The molecule has 5 nitrogen and oxygen atoms in total. The molecule has 34 heavy (non-hydrogen) atoms. The molecule has 0 aliphatic carbocycles. The van der Waals surface area contributed by atoms with Crippen LogP contribution < -0.4 is 10.1 Å². The van der Waals surface area contributed by atoms with Crippen molar-refractivity contribution in [3.63, 3.8) is 0 Å². The van der Waals surface area contributed by atoms with E-state index in [1.165, 1.54) is 19.3 Å². The zero-order chi connectivity index (χ0) is 24.8. The summed E-state index contributed by atoms with van der Waals surface area (Å²) in [7, 11) is 0. The molecule has 1 aromatic carbocycles. The molecule has 0 amide bonds. The van der Waals surface area contributed by atoms with E-state index in [1.807, 2.05) is 48.7 Å². The van der Waals surface area contributed by atoms with Crippen molar-refractivity contribution in [2.45, 2.75) is 92.0 Å². The summed E-state index contributed by atoms with van der Waals surface area (Å²) in [6.45, 7) is 13.4. The molecule has 0 atom stereocenters. The predicted molar refractivity (Wildman–Crippen MR) is 141 cm³/mol.